The van der Waals surface area contributed by atoms with E-state index in [2.05, 4.69) is 15.4 Å². The number of amides is 3. The normalized spacial score (nSPS) is 22.5. The maximum absolute atomic E-state index is 13.5. The van der Waals surface area contributed by atoms with Gasteiger partial charge in [0.25, 0.3) is 0 Å². The summed E-state index contributed by atoms with van der Waals surface area (Å²) in [6.07, 6.45) is 3.26. The van der Waals surface area contributed by atoms with Gasteiger partial charge in [-0.1, -0.05) is 60.7 Å². The Morgan fingerprint density at radius 2 is 1.67 bits per heavy atom. The van der Waals surface area contributed by atoms with Gasteiger partial charge >= 0.3 is 11.7 Å². The molecule has 1 aliphatic carbocycles. The number of aromatic nitrogens is 3. The highest BCUT2D eigenvalue weighted by atomic mass is 16.5. The van der Waals surface area contributed by atoms with Crippen molar-refractivity contribution in [1.82, 2.24) is 29.9 Å². The van der Waals surface area contributed by atoms with Crippen molar-refractivity contribution in [3.63, 3.8) is 0 Å². The summed E-state index contributed by atoms with van der Waals surface area (Å²) in [7, 11) is 0. The number of nitrogens with one attached hydrogen (secondary N) is 2. The smallest absolute Gasteiger partial charge is 0.343 e. The van der Waals surface area contributed by atoms with E-state index in [4.69, 9.17) is 4.74 Å². The van der Waals surface area contributed by atoms with E-state index < -0.39 is 6.04 Å². The number of likely N-dealkylation sites (tertiary alicyclic amines) is 1. The van der Waals surface area contributed by atoms with E-state index >= 15 is 0 Å². The van der Waals surface area contributed by atoms with Gasteiger partial charge in [0.1, 0.15) is 12.1 Å². The molecule has 1 saturated carbocycles. The number of carbonyl (C=O) groups is 2. The largest absolute Gasteiger partial charge is 0.369 e. The summed E-state index contributed by atoms with van der Waals surface area (Å²) in [4.78, 5) is 45.7. The van der Waals surface area contributed by atoms with Crippen molar-refractivity contribution in [2.75, 3.05) is 32.8 Å². The molecule has 6 rings (SSSR count). The average Bonchev–Trinajstić information content (AvgIpc) is 3.74. The fourth-order valence-corrected chi connectivity index (χ4v) is 5.46. The zero-order valence-corrected chi connectivity index (χ0v) is 21.9. The Balaban J connectivity index is 1.08. The van der Waals surface area contributed by atoms with Gasteiger partial charge in [-0.15, -0.1) is 5.10 Å². The van der Waals surface area contributed by atoms with Crippen LogP contribution < -0.4 is 11.0 Å². The SMILES string of the molecule is O=C(N[C@@H]1CO[C@@H](c2ccccc2)CN(CC2CC2)C1=O)N1CCC(n2nc(-c3ccccc3)[nH]c2=O)CC1. The first kappa shape index (κ1) is 25.4. The minimum Gasteiger partial charge on any atom is -0.369 e. The van der Waals surface area contributed by atoms with Crippen LogP contribution >= 0.6 is 0 Å². The molecule has 0 spiro atoms. The topological polar surface area (TPSA) is 113 Å². The number of nitrogens with zero attached hydrogens (tertiary/aromatic N) is 4. The van der Waals surface area contributed by atoms with Crippen molar-refractivity contribution in [3.8, 4) is 11.4 Å². The number of urea groups is 1. The van der Waals surface area contributed by atoms with Crippen LogP contribution in [0.3, 0.4) is 0 Å². The summed E-state index contributed by atoms with van der Waals surface area (Å²) < 4.78 is 7.67. The Kier molecular flexibility index (Phi) is 7.19. The van der Waals surface area contributed by atoms with Crippen molar-refractivity contribution in [2.24, 2.45) is 5.92 Å². The Labute approximate surface area is 226 Å². The van der Waals surface area contributed by atoms with E-state index in [1.165, 1.54) is 4.68 Å². The summed E-state index contributed by atoms with van der Waals surface area (Å²) in [5.74, 6) is 0.990. The Hall–Kier alpha value is -3.92. The third-order valence-corrected chi connectivity index (χ3v) is 7.89. The van der Waals surface area contributed by atoms with Gasteiger partial charge < -0.3 is 19.9 Å². The predicted octanol–water partition coefficient (Wildman–Crippen LogP) is 2.96. The van der Waals surface area contributed by atoms with Gasteiger partial charge in [-0.3, -0.25) is 9.78 Å². The van der Waals surface area contributed by atoms with Gasteiger partial charge in [0, 0.05) is 25.2 Å². The molecule has 10 heteroatoms. The first-order valence-corrected chi connectivity index (χ1v) is 13.8. The summed E-state index contributed by atoms with van der Waals surface area (Å²) in [6, 6.07) is 18.4. The summed E-state index contributed by atoms with van der Waals surface area (Å²) in [5.41, 5.74) is 1.64. The van der Waals surface area contributed by atoms with Crippen LogP contribution in [0.5, 0.6) is 0 Å². The lowest BCUT2D eigenvalue weighted by Crippen LogP contribution is -2.54. The number of rotatable bonds is 6. The quantitative estimate of drug-likeness (QED) is 0.509. The lowest BCUT2D eigenvalue weighted by atomic mass is 10.1. The van der Waals surface area contributed by atoms with E-state index in [0.717, 1.165) is 24.0 Å². The summed E-state index contributed by atoms with van der Waals surface area (Å²) in [6.45, 7) is 2.26. The highest BCUT2D eigenvalue weighted by Crippen LogP contribution is 2.32. The highest BCUT2D eigenvalue weighted by molar-refractivity contribution is 5.87. The lowest BCUT2D eigenvalue weighted by Gasteiger charge is -2.33. The van der Waals surface area contributed by atoms with Crippen molar-refractivity contribution in [2.45, 2.75) is 43.9 Å². The highest BCUT2D eigenvalue weighted by Gasteiger charge is 2.37. The van der Waals surface area contributed by atoms with Crippen LogP contribution in [0.1, 0.15) is 43.4 Å². The molecule has 1 aromatic heterocycles. The molecule has 3 aliphatic rings. The number of ether oxygens (including phenoxy) is 1. The first-order chi connectivity index (χ1) is 19.0. The van der Waals surface area contributed by atoms with Crippen molar-refractivity contribution in [3.05, 3.63) is 76.7 Å². The van der Waals surface area contributed by atoms with Crippen LogP contribution in [0.15, 0.2) is 65.5 Å². The predicted molar refractivity (Wildman–Crippen MR) is 145 cm³/mol. The second kappa shape index (κ2) is 11.1. The fraction of sp³-hybridized carbons (Fsp3) is 0.448. The van der Waals surface area contributed by atoms with Crippen LogP contribution in [0.25, 0.3) is 11.4 Å². The van der Waals surface area contributed by atoms with Gasteiger partial charge in [-0.25, -0.2) is 14.3 Å². The molecule has 0 unspecified atom stereocenters. The number of aromatic amines is 1. The van der Waals surface area contributed by atoms with E-state index in [0.29, 0.717) is 50.8 Å². The van der Waals surface area contributed by atoms with Crippen LogP contribution in [0.2, 0.25) is 0 Å². The molecule has 0 radical (unpaired) electrons. The molecule has 2 saturated heterocycles. The molecule has 3 aromatic rings. The Bertz CT molecular complexity index is 1340. The molecule has 39 heavy (non-hydrogen) atoms. The van der Waals surface area contributed by atoms with Gasteiger partial charge in [0.15, 0.2) is 5.82 Å². The number of H-pyrrole nitrogens is 1. The number of hydrogen-bond donors (Lipinski definition) is 2. The van der Waals surface area contributed by atoms with E-state index in [1.807, 2.05) is 65.6 Å². The average molecular weight is 531 g/mol. The third-order valence-electron chi connectivity index (χ3n) is 7.89. The van der Waals surface area contributed by atoms with Crippen LogP contribution in [-0.4, -0.2) is 75.3 Å². The molecule has 2 aliphatic heterocycles. The van der Waals surface area contributed by atoms with Crippen molar-refractivity contribution < 1.29 is 14.3 Å². The van der Waals surface area contributed by atoms with Gasteiger partial charge in [-0.2, -0.15) is 0 Å². The molecular formula is C29H34N6O4. The molecule has 2 aromatic carbocycles. The molecule has 2 atom stereocenters. The van der Waals surface area contributed by atoms with Crippen LogP contribution in [0.4, 0.5) is 4.79 Å². The molecular weight excluding hydrogens is 496 g/mol. The van der Waals surface area contributed by atoms with E-state index in [-0.39, 0.29) is 36.4 Å². The van der Waals surface area contributed by atoms with Gasteiger partial charge in [-0.05, 0) is 37.2 Å². The minimum absolute atomic E-state index is 0.0833. The maximum atomic E-state index is 13.5. The second-order valence-corrected chi connectivity index (χ2v) is 10.7. The summed E-state index contributed by atoms with van der Waals surface area (Å²) >= 11 is 0. The summed E-state index contributed by atoms with van der Waals surface area (Å²) in [5, 5.41) is 7.47. The van der Waals surface area contributed by atoms with Crippen LogP contribution in [0, 0.1) is 5.92 Å². The molecule has 3 fully saturated rings. The number of benzene rings is 2. The molecule has 3 amide bonds. The second-order valence-electron chi connectivity index (χ2n) is 10.7. The van der Waals surface area contributed by atoms with Gasteiger partial charge in [0.05, 0.1) is 19.2 Å². The minimum atomic E-state index is -0.731. The monoisotopic (exact) mass is 530 g/mol. The lowest BCUT2D eigenvalue weighted by molar-refractivity contribution is -0.132. The Morgan fingerprint density at radius 1 is 0.974 bits per heavy atom. The maximum Gasteiger partial charge on any atom is 0.343 e. The standard InChI is InChI=1S/C29H34N6O4/c36-27-24(19-39-25(21-7-3-1-4-8-21)18-34(27)17-20-11-12-20)30-28(37)33-15-13-23(14-16-33)35-29(38)31-26(32-35)22-9-5-2-6-10-22/h1-10,20,23-25H,11-19H2,(H,30,37)(H,31,32,38)/t24-,25-/m1/s1. The zero-order valence-electron chi connectivity index (χ0n) is 21.9. The van der Waals surface area contributed by atoms with Crippen molar-refractivity contribution >= 4 is 11.9 Å². The molecule has 2 N–H and O–H groups in total. The van der Waals surface area contributed by atoms with Crippen molar-refractivity contribution in [1.29, 1.82) is 0 Å². The third kappa shape index (κ3) is 5.75. The number of piperidine rings is 1. The Morgan fingerprint density at radius 3 is 2.36 bits per heavy atom. The molecule has 204 valence electrons. The number of carbonyl (C=O) groups excluding carboxylic acids is 2. The molecule has 3 heterocycles. The van der Waals surface area contributed by atoms with E-state index in [1.54, 1.807) is 4.90 Å². The zero-order chi connectivity index (χ0) is 26.8. The van der Waals surface area contributed by atoms with Crippen LogP contribution in [-0.2, 0) is 9.53 Å². The molecule has 0 bridgehead atoms. The number of hydrogen-bond acceptors (Lipinski definition) is 5. The molecule has 10 nitrogen and oxygen atoms in total. The van der Waals surface area contributed by atoms with E-state index in [9.17, 15) is 14.4 Å². The first-order valence-electron chi connectivity index (χ1n) is 13.8. The fourth-order valence-electron chi connectivity index (χ4n) is 5.46. The van der Waals surface area contributed by atoms with Gasteiger partial charge in [0.2, 0.25) is 5.91 Å².